The molecule has 3 unspecified atom stereocenters. The van der Waals surface area contributed by atoms with Crippen LogP contribution in [0.5, 0.6) is 0 Å². The Morgan fingerprint density at radius 2 is 2.05 bits per heavy atom. The van der Waals surface area contributed by atoms with Crippen LogP contribution >= 0.6 is 0 Å². The van der Waals surface area contributed by atoms with Gasteiger partial charge in [-0.1, -0.05) is 27.2 Å². The van der Waals surface area contributed by atoms with Gasteiger partial charge in [-0.25, -0.2) is 0 Å². The minimum atomic E-state index is -0.0250. The molecule has 0 bridgehead atoms. The first-order valence-electron chi connectivity index (χ1n) is 7.81. The van der Waals surface area contributed by atoms with Gasteiger partial charge in [0.1, 0.15) is 0 Å². The molecule has 0 aromatic carbocycles. The maximum absolute atomic E-state index is 11.8. The van der Waals surface area contributed by atoms with E-state index in [0.29, 0.717) is 31.2 Å². The van der Waals surface area contributed by atoms with Crippen molar-refractivity contribution in [2.24, 2.45) is 11.3 Å². The summed E-state index contributed by atoms with van der Waals surface area (Å²) in [5.41, 5.74) is 0.258. The molecule has 0 aromatic rings. The Morgan fingerprint density at radius 3 is 2.74 bits per heavy atom. The van der Waals surface area contributed by atoms with Crippen LogP contribution in [0.3, 0.4) is 0 Å². The molecule has 1 saturated carbocycles. The Labute approximate surface area is 117 Å². The largest absolute Gasteiger partial charge is 0.465 e. The third-order valence-electron chi connectivity index (χ3n) is 4.53. The number of carbonyl (C=O) groups excluding carboxylic acids is 1. The number of ether oxygens (including phenoxy) is 2. The summed E-state index contributed by atoms with van der Waals surface area (Å²) >= 11 is 0. The Hall–Kier alpha value is -0.570. The number of fused-ring (bicyclic) bond motifs is 1. The smallest absolute Gasteiger partial charge is 0.305 e. The summed E-state index contributed by atoms with van der Waals surface area (Å²) in [6.07, 6.45) is 8.21. The van der Waals surface area contributed by atoms with Gasteiger partial charge in [0.05, 0.1) is 18.8 Å². The molecular weight excluding hydrogens is 240 g/mol. The van der Waals surface area contributed by atoms with E-state index in [1.807, 2.05) is 0 Å². The molecule has 0 spiro atoms. The molecule has 3 nitrogen and oxygen atoms in total. The lowest BCUT2D eigenvalue weighted by molar-refractivity contribution is -0.146. The van der Waals surface area contributed by atoms with Gasteiger partial charge in [-0.3, -0.25) is 4.79 Å². The molecule has 0 aromatic heterocycles. The first kappa shape index (κ1) is 14.8. The van der Waals surface area contributed by atoms with Crippen LogP contribution in [0.2, 0.25) is 0 Å². The normalized spacial score (nSPS) is 29.7. The van der Waals surface area contributed by atoms with E-state index < -0.39 is 0 Å². The van der Waals surface area contributed by atoms with E-state index in [9.17, 15) is 4.79 Å². The van der Waals surface area contributed by atoms with Crippen LogP contribution in [0.25, 0.3) is 0 Å². The number of rotatable bonds is 7. The molecule has 1 saturated heterocycles. The molecule has 0 amide bonds. The number of hydrogen-bond donors (Lipinski definition) is 0. The highest BCUT2D eigenvalue weighted by Gasteiger charge is 2.43. The molecule has 2 fully saturated rings. The predicted octanol–water partition coefficient (Wildman–Crippen LogP) is 3.70. The molecule has 1 heterocycles. The average molecular weight is 268 g/mol. The zero-order chi connectivity index (χ0) is 13.9. The highest BCUT2D eigenvalue weighted by Crippen LogP contribution is 2.39. The number of carbonyl (C=O) groups is 1. The third kappa shape index (κ3) is 4.79. The second-order valence-electron chi connectivity index (χ2n) is 6.99. The lowest BCUT2D eigenvalue weighted by Crippen LogP contribution is -2.21. The monoisotopic (exact) mass is 268 g/mol. The summed E-state index contributed by atoms with van der Waals surface area (Å²) in [6, 6.07) is 0. The standard InChI is InChI=1S/C16H28O3/c1-4-8-16(2,3)9-7-15(17)18-11-12-5-6-13-14(10-12)19-13/h12-14H,4-11H2,1-3H3. The number of esters is 1. The molecule has 2 rings (SSSR count). The van der Waals surface area contributed by atoms with Gasteiger partial charge in [0.2, 0.25) is 0 Å². The van der Waals surface area contributed by atoms with E-state index in [1.54, 1.807) is 0 Å². The highest BCUT2D eigenvalue weighted by atomic mass is 16.6. The van der Waals surface area contributed by atoms with Gasteiger partial charge >= 0.3 is 5.97 Å². The lowest BCUT2D eigenvalue weighted by Gasteiger charge is -2.23. The second-order valence-corrected chi connectivity index (χ2v) is 6.99. The quantitative estimate of drug-likeness (QED) is 0.522. The third-order valence-corrected chi connectivity index (χ3v) is 4.53. The summed E-state index contributed by atoms with van der Waals surface area (Å²) < 4.78 is 10.9. The summed E-state index contributed by atoms with van der Waals surface area (Å²) in [6.45, 7) is 7.25. The Kier molecular flexibility index (Phi) is 4.88. The zero-order valence-electron chi connectivity index (χ0n) is 12.6. The second kappa shape index (κ2) is 6.25. The van der Waals surface area contributed by atoms with Gasteiger partial charge in [0.15, 0.2) is 0 Å². The fourth-order valence-corrected chi connectivity index (χ4v) is 3.16. The van der Waals surface area contributed by atoms with E-state index in [2.05, 4.69) is 20.8 Å². The average Bonchev–Trinajstić information content (AvgIpc) is 3.12. The van der Waals surface area contributed by atoms with Crippen LogP contribution in [-0.4, -0.2) is 24.8 Å². The molecule has 110 valence electrons. The highest BCUT2D eigenvalue weighted by molar-refractivity contribution is 5.69. The van der Waals surface area contributed by atoms with Crippen LogP contribution in [0.4, 0.5) is 0 Å². The Bertz CT molecular complexity index is 311. The lowest BCUT2D eigenvalue weighted by atomic mass is 9.83. The van der Waals surface area contributed by atoms with E-state index >= 15 is 0 Å². The fraction of sp³-hybridized carbons (Fsp3) is 0.938. The van der Waals surface area contributed by atoms with Gasteiger partial charge in [-0.05, 0) is 43.4 Å². The van der Waals surface area contributed by atoms with Crippen molar-refractivity contribution in [1.29, 1.82) is 0 Å². The van der Waals surface area contributed by atoms with Crippen LogP contribution in [0.1, 0.15) is 65.7 Å². The molecule has 3 atom stereocenters. The number of hydrogen-bond acceptors (Lipinski definition) is 3. The summed E-state index contributed by atoms with van der Waals surface area (Å²) in [5.74, 6) is 0.499. The molecule has 1 aliphatic carbocycles. The SMILES string of the molecule is CCCC(C)(C)CCC(=O)OCC1CCC2OC2C1. The molecule has 19 heavy (non-hydrogen) atoms. The van der Waals surface area contributed by atoms with Crippen molar-refractivity contribution < 1.29 is 14.3 Å². The maximum Gasteiger partial charge on any atom is 0.305 e. The van der Waals surface area contributed by atoms with Crippen molar-refractivity contribution in [3.8, 4) is 0 Å². The topological polar surface area (TPSA) is 38.8 Å². The minimum Gasteiger partial charge on any atom is -0.465 e. The molecule has 1 aliphatic heterocycles. The van der Waals surface area contributed by atoms with E-state index in [-0.39, 0.29) is 11.4 Å². The maximum atomic E-state index is 11.8. The van der Waals surface area contributed by atoms with Crippen molar-refractivity contribution in [1.82, 2.24) is 0 Å². The molecule has 0 N–H and O–H groups in total. The Balaban J connectivity index is 1.59. The summed E-state index contributed by atoms with van der Waals surface area (Å²) in [7, 11) is 0. The van der Waals surface area contributed by atoms with Crippen molar-refractivity contribution in [3.05, 3.63) is 0 Å². The molecular formula is C16H28O3. The van der Waals surface area contributed by atoms with Gasteiger partial charge in [0, 0.05) is 6.42 Å². The zero-order valence-corrected chi connectivity index (χ0v) is 12.6. The predicted molar refractivity (Wildman–Crippen MR) is 74.9 cm³/mol. The van der Waals surface area contributed by atoms with Gasteiger partial charge < -0.3 is 9.47 Å². The van der Waals surface area contributed by atoms with E-state index in [1.165, 1.54) is 12.8 Å². The molecule has 0 radical (unpaired) electrons. The van der Waals surface area contributed by atoms with Crippen molar-refractivity contribution in [3.63, 3.8) is 0 Å². The van der Waals surface area contributed by atoms with E-state index in [4.69, 9.17) is 9.47 Å². The van der Waals surface area contributed by atoms with Crippen LogP contribution in [0.15, 0.2) is 0 Å². The van der Waals surface area contributed by atoms with Crippen LogP contribution in [0, 0.1) is 11.3 Å². The van der Waals surface area contributed by atoms with Gasteiger partial charge in [0.25, 0.3) is 0 Å². The minimum absolute atomic E-state index is 0.0250. The van der Waals surface area contributed by atoms with E-state index in [0.717, 1.165) is 25.7 Å². The van der Waals surface area contributed by atoms with Crippen molar-refractivity contribution in [2.75, 3.05) is 6.61 Å². The van der Waals surface area contributed by atoms with Crippen LogP contribution in [-0.2, 0) is 14.3 Å². The molecule has 2 aliphatic rings. The van der Waals surface area contributed by atoms with Gasteiger partial charge in [-0.2, -0.15) is 0 Å². The van der Waals surface area contributed by atoms with Crippen LogP contribution < -0.4 is 0 Å². The number of epoxide rings is 1. The van der Waals surface area contributed by atoms with Crippen molar-refractivity contribution >= 4 is 5.97 Å². The fourth-order valence-electron chi connectivity index (χ4n) is 3.16. The first-order chi connectivity index (χ1) is 9.00. The van der Waals surface area contributed by atoms with Crippen molar-refractivity contribution in [2.45, 2.75) is 77.9 Å². The summed E-state index contributed by atoms with van der Waals surface area (Å²) in [4.78, 5) is 11.8. The summed E-state index contributed by atoms with van der Waals surface area (Å²) in [5, 5.41) is 0. The Morgan fingerprint density at radius 1 is 1.26 bits per heavy atom. The first-order valence-corrected chi connectivity index (χ1v) is 7.81. The van der Waals surface area contributed by atoms with Gasteiger partial charge in [-0.15, -0.1) is 0 Å². The molecule has 3 heteroatoms.